The van der Waals surface area contributed by atoms with Crippen LogP contribution < -0.4 is 27.8 Å². The van der Waals surface area contributed by atoms with Crippen molar-refractivity contribution in [2.24, 2.45) is 11.6 Å². The van der Waals surface area contributed by atoms with Gasteiger partial charge in [-0.05, 0) is 107 Å². The topological polar surface area (TPSA) is 208 Å². The van der Waals surface area contributed by atoms with E-state index in [9.17, 15) is 24.3 Å². The van der Waals surface area contributed by atoms with Crippen LogP contribution in [0.2, 0.25) is 5.02 Å². The Hall–Kier alpha value is -5.91. The van der Waals surface area contributed by atoms with Crippen LogP contribution in [0.4, 0.5) is 5.69 Å². The first-order chi connectivity index (χ1) is 33.7. The highest BCUT2D eigenvalue weighted by atomic mass is 35.5. The number of piperazine rings is 1. The van der Waals surface area contributed by atoms with Crippen molar-refractivity contribution in [3.8, 4) is 0 Å². The lowest BCUT2D eigenvalue weighted by molar-refractivity contribution is -0.135. The molecule has 374 valence electrons. The Bertz CT molecular complexity index is 2700. The Morgan fingerprint density at radius 1 is 0.914 bits per heavy atom. The third kappa shape index (κ3) is 13.9. The van der Waals surface area contributed by atoms with E-state index in [1.165, 1.54) is 29.3 Å². The van der Waals surface area contributed by atoms with Gasteiger partial charge in [-0.2, -0.15) is 0 Å². The molecule has 2 saturated heterocycles. The molecule has 3 amide bonds. The number of nitrogens with two attached hydrogens (primary N) is 2. The Balaban J connectivity index is 0.000000284. The van der Waals surface area contributed by atoms with Gasteiger partial charge < -0.3 is 36.3 Å². The highest BCUT2D eigenvalue weighted by molar-refractivity contribution is 6.36. The van der Waals surface area contributed by atoms with Crippen LogP contribution in [0.15, 0.2) is 89.7 Å². The van der Waals surface area contributed by atoms with Crippen LogP contribution in [-0.2, 0) is 35.4 Å². The summed E-state index contributed by atoms with van der Waals surface area (Å²) >= 11 is 6.53. The first kappa shape index (κ1) is 51.9. The maximum atomic E-state index is 13.3. The number of rotatable bonds is 16. The highest BCUT2D eigenvalue weighted by Gasteiger charge is 2.35. The molecule has 0 bridgehead atoms. The standard InChI is InChI=1S/C36H51N9O4.C17H19ClN2O/c1-27(2)45(38)24-29(37)23-42-20-18-41(19-21-42)15-12-33(46)40-30-9-10-31-32(22-30)39-26-44(35(31)48)25-36(49)13-16-43(17-14-36)34(47)11-8-28-6-4-3-5-7-28;1-2-9-19-17(21)11-7-8-13-15(10-11)20-14-6-4-3-5-12(14)16(13)18/h3-7,9-10,22,24,26-27,49H,8,11-21,23,25,37-38H2,1-2H3,(H,40,46);7-8,10H,2-6,9H2,1H3,(H,19,21)/b29-24-;. The van der Waals surface area contributed by atoms with Gasteiger partial charge in [-0.15, -0.1) is 0 Å². The van der Waals surface area contributed by atoms with E-state index in [1.54, 1.807) is 34.3 Å². The number of aromatic nitrogens is 3. The Labute approximate surface area is 416 Å². The number of benzene rings is 3. The van der Waals surface area contributed by atoms with E-state index >= 15 is 0 Å². The third-order valence-electron chi connectivity index (χ3n) is 13.5. The number of nitrogens with one attached hydrogen (secondary N) is 2. The summed E-state index contributed by atoms with van der Waals surface area (Å²) in [6.45, 7) is 12.5. The van der Waals surface area contributed by atoms with Crippen LogP contribution in [0.3, 0.4) is 0 Å². The summed E-state index contributed by atoms with van der Waals surface area (Å²) in [7, 11) is 0. The minimum Gasteiger partial charge on any atom is -0.400 e. The number of pyridine rings is 1. The molecule has 70 heavy (non-hydrogen) atoms. The predicted octanol–water partition coefficient (Wildman–Crippen LogP) is 5.62. The van der Waals surface area contributed by atoms with E-state index < -0.39 is 5.60 Å². The van der Waals surface area contributed by atoms with Crippen LogP contribution >= 0.6 is 11.6 Å². The number of hydrogen-bond acceptors (Lipinski definition) is 12. The van der Waals surface area contributed by atoms with Crippen molar-refractivity contribution in [3.63, 3.8) is 0 Å². The molecule has 4 heterocycles. The fourth-order valence-electron chi connectivity index (χ4n) is 9.19. The number of aryl methyl sites for hydroxylation is 2. The van der Waals surface area contributed by atoms with Crippen LogP contribution in [0.25, 0.3) is 21.8 Å². The molecular formula is C53H70ClN11O5. The zero-order chi connectivity index (χ0) is 49.8. The molecule has 0 unspecified atom stereocenters. The minimum atomic E-state index is -1.11. The third-order valence-corrected chi connectivity index (χ3v) is 14.0. The van der Waals surface area contributed by atoms with Crippen LogP contribution in [0.5, 0.6) is 0 Å². The number of anilines is 1. The van der Waals surface area contributed by atoms with Crippen molar-refractivity contribution in [3.05, 3.63) is 123 Å². The maximum absolute atomic E-state index is 13.3. The van der Waals surface area contributed by atoms with Gasteiger partial charge in [0.05, 0.1) is 39.9 Å². The number of fused-ring (bicyclic) bond motifs is 3. The molecule has 5 aromatic rings. The number of halogens is 1. The molecule has 0 radical (unpaired) electrons. The molecule has 0 spiro atoms. The number of aliphatic hydroxyl groups is 1. The summed E-state index contributed by atoms with van der Waals surface area (Å²) in [5.74, 6) is 5.87. The van der Waals surface area contributed by atoms with Crippen molar-refractivity contribution in [2.75, 3.05) is 64.2 Å². The number of nitrogens with zero attached hydrogens (tertiary/aromatic N) is 7. The van der Waals surface area contributed by atoms with Gasteiger partial charge in [0.1, 0.15) is 0 Å². The van der Waals surface area contributed by atoms with Gasteiger partial charge in [0.15, 0.2) is 0 Å². The summed E-state index contributed by atoms with van der Waals surface area (Å²) in [6, 6.07) is 20.8. The van der Waals surface area contributed by atoms with Crippen LogP contribution in [0, 0.1) is 0 Å². The van der Waals surface area contributed by atoms with Crippen molar-refractivity contribution in [1.29, 1.82) is 0 Å². The monoisotopic (exact) mass is 976 g/mol. The van der Waals surface area contributed by atoms with Crippen molar-refractivity contribution >= 4 is 56.8 Å². The van der Waals surface area contributed by atoms with Crippen molar-refractivity contribution in [1.82, 2.24) is 39.6 Å². The second kappa shape index (κ2) is 24.3. The maximum Gasteiger partial charge on any atom is 0.261 e. The molecule has 8 rings (SSSR count). The summed E-state index contributed by atoms with van der Waals surface area (Å²) < 4.78 is 1.44. The summed E-state index contributed by atoms with van der Waals surface area (Å²) in [5, 5.41) is 20.9. The van der Waals surface area contributed by atoms with Gasteiger partial charge in [-0.25, -0.2) is 10.8 Å². The number of hydrogen-bond donors (Lipinski definition) is 5. The number of likely N-dealkylation sites (tertiary alicyclic amines) is 1. The van der Waals surface area contributed by atoms with E-state index in [2.05, 4.69) is 25.4 Å². The zero-order valence-electron chi connectivity index (χ0n) is 41.0. The molecule has 1 aliphatic carbocycles. The minimum absolute atomic E-state index is 0.0469. The van der Waals surface area contributed by atoms with Crippen molar-refractivity contribution in [2.45, 2.75) is 103 Å². The van der Waals surface area contributed by atoms with Gasteiger partial charge in [0.25, 0.3) is 11.5 Å². The number of carbonyl (C=O) groups excluding carboxylic acids is 3. The molecule has 17 heteroatoms. The lowest BCUT2D eigenvalue weighted by Gasteiger charge is -2.38. The average Bonchev–Trinajstić information content (AvgIpc) is 3.36. The summed E-state index contributed by atoms with van der Waals surface area (Å²) in [6.07, 6.45) is 10.7. The summed E-state index contributed by atoms with van der Waals surface area (Å²) in [5.41, 5.74) is 11.5. The largest absolute Gasteiger partial charge is 0.400 e. The molecule has 2 fully saturated rings. The van der Waals surface area contributed by atoms with E-state index in [0.717, 1.165) is 78.3 Å². The molecule has 0 saturated carbocycles. The lowest BCUT2D eigenvalue weighted by atomic mass is 9.91. The Morgan fingerprint density at radius 2 is 1.63 bits per heavy atom. The van der Waals surface area contributed by atoms with Crippen molar-refractivity contribution < 1.29 is 19.5 Å². The first-order valence-electron chi connectivity index (χ1n) is 24.8. The molecule has 2 aromatic heterocycles. The normalized spacial score (nSPS) is 16.4. The zero-order valence-corrected chi connectivity index (χ0v) is 41.7. The molecule has 3 aliphatic rings. The van der Waals surface area contributed by atoms with E-state index in [0.29, 0.717) is 87.0 Å². The molecule has 2 aliphatic heterocycles. The second-order valence-electron chi connectivity index (χ2n) is 19.2. The van der Waals surface area contributed by atoms with Crippen LogP contribution in [0.1, 0.15) is 92.9 Å². The van der Waals surface area contributed by atoms with Gasteiger partial charge in [-0.1, -0.05) is 54.9 Å². The molecule has 16 nitrogen and oxygen atoms in total. The van der Waals surface area contributed by atoms with Gasteiger partial charge in [0, 0.05) is 112 Å². The summed E-state index contributed by atoms with van der Waals surface area (Å²) in [4.78, 5) is 66.5. The lowest BCUT2D eigenvalue weighted by Crippen LogP contribution is -2.49. The number of piperidine rings is 1. The van der Waals surface area contributed by atoms with Gasteiger partial charge in [-0.3, -0.25) is 33.6 Å². The molecule has 7 N–H and O–H groups in total. The van der Waals surface area contributed by atoms with E-state index in [-0.39, 0.29) is 35.9 Å². The molecule has 3 aromatic carbocycles. The van der Waals surface area contributed by atoms with E-state index in [1.807, 2.05) is 69.3 Å². The average molecular weight is 977 g/mol. The molecule has 0 atom stereocenters. The smallest absolute Gasteiger partial charge is 0.261 e. The second-order valence-corrected chi connectivity index (χ2v) is 19.6. The highest BCUT2D eigenvalue weighted by Crippen LogP contribution is 2.33. The SMILES string of the molecule is CC(C)N(N)/C=C(\N)CN1CCN(CCC(=O)Nc2ccc3c(=O)n(CC4(O)CCN(C(=O)CCc5ccccc5)CC4)cnc3c2)CC1.CCCNC(=O)c1ccc2c(Cl)c3c(nc2c1)CCCC3. The quantitative estimate of drug-likeness (QED) is 0.0604. The van der Waals surface area contributed by atoms with Gasteiger partial charge in [0.2, 0.25) is 11.8 Å². The first-order valence-corrected chi connectivity index (χ1v) is 25.2. The predicted molar refractivity (Wildman–Crippen MR) is 277 cm³/mol. The Kier molecular flexibility index (Phi) is 18.0. The van der Waals surface area contributed by atoms with Gasteiger partial charge >= 0.3 is 0 Å². The number of carbonyl (C=O) groups is 3. The fourth-order valence-corrected chi connectivity index (χ4v) is 9.56. The fraction of sp³-hybridized carbons (Fsp3) is 0.472. The molecular weight excluding hydrogens is 906 g/mol. The number of amides is 3. The number of hydrazine groups is 1. The van der Waals surface area contributed by atoms with E-state index in [4.69, 9.17) is 28.2 Å². The Morgan fingerprint density at radius 3 is 2.36 bits per heavy atom. The van der Waals surface area contributed by atoms with Crippen LogP contribution in [-0.4, -0.2) is 128 Å².